The highest BCUT2D eigenvalue weighted by Gasteiger charge is 2.19. The summed E-state index contributed by atoms with van der Waals surface area (Å²) in [5.74, 6) is -0.173. The molecule has 0 radical (unpaired) electrons. The third kappa shape index (κ3) is 5.29. The standard InChI is InChI=1S/C14H22FNO/c1-11(17)8-14(2,3)10-16-9-12-6-4-5-7-13(12)15/h4-7,11,16-17H,8-10H2,1-3H3. The van der Waals surface area contributed by atoms with E-state index in [-0.39, 0.29) is 17.3 Å². The second kappa shape index (κ2) is 6.12. The Balaban J connectivity index is 2.40. The number of aliphatic hydroxyl groups is 1. The second-order valence-electron chi connectivity index (χ2n) is 5.41. The van der Waals surface area contributed by atoms with Crippen molar-refractivity contribution in [3.63, 3.8) is 0 Å². The van der Waals surface area contributed by atoms with E-state index in [1.165, 1.54) is 6.07 Å². The number of hydrogen-bond acceptors (Lipinski definition) is 2. The predicted molar refractivity (Wildman–Crippen MR) is 68.2 cm³/mol. The minimum atomic E-state index is -0.305. The molecule has 0 spiro atoms. The molecule has 3 heteroatoms. The lowest BCUT2D eigenvalue weighted by atomic mass is 9.87. The third-order valence-corrected chi connectivity index (χ3v) is 2.72. The van der Waals surface area contributed by atoms with Gasteiger partial charge in [-0.05, 0) is 24.8 Å². The van der Waals surface area contributed by atoms with Crippen LogP contribution in [0, 0.1) is 11.2 Å². The first-order valence-electron chi connectivity index (χ1n) is 6.03. The molecular weight excluding hydrogens is 217 g/mol. The van der Waals surface area contributed by atoms with E-state index < -0.39 is 0 Å². The molecule has 0 saturated heterocycles. The Hall–Kier alpha value is -0.930. The van der Waals surface area contributed by atoms with Crippen molar-refractivity contribution in [2.24, 2.45) is 5.41 Å². The first-order chi connectivity index (χ1) is 7.91. The molecule has 0 fully saturated rings. The van der Waals surface area contributed by atoms with Crippen LogP contribution in [0.4, 0.5) is 4.39 Å². The molecule has 1 unspecified atom stereocenters. The molecule has 1 rings (SSSR count). The van der Waals surface area contributed by atoms with Gasteiger partial charge in [0.25, 0.3) is 0 Å². The van der Waals surface area contributed by atoms with Gasteiger partial charge in [-0.15, -0.1) is 0 Å². The Morgan fingerprint density at radius 2 is 2.00 bits per heavy atom. The van der Waals surface area contributed by atoms with Gasteiger partial charge < -0.3 is 10.4 Å². The van der Waals surface area contributed by atoms with E-state index in [4.69, 9.17) is 0 Å². The van der Waals surface area contributed by atoms with E-state index >= 15 is 0 Å². The normalized spacial score (nSPS) is 13.7. The summed E-state index contributed by atoms with van der Waals surface area (Å²) in [6.07, 6.45) is 0.428. The maximum Gasteiger partial charge on any atom is 0.127 e. The summed E-state index contributed by atoms with van der Waals surface area (Å²) >= 11 is 0. The fourth-order valence-electron chi connectivity index (χ4n) is 2.05. The summed E-state index contributed by atoms with van der Waals surface area (Å²) in [6.45, 7) is 7.25. The van der Waals surface area contributed by atoms with Crippen molar-refractivity contribution in [2.75, 3.05) is 6.54 Å². The molecule has 0 aliphatic rings. The lowest BCUT2D eigenvalue weighted by Crippen LogP contribution is -2.31. The van der Waals surface area contributed by atoms with Crippen LogP contribution >= 0.6 is 0 Å². The molecule has 0 heterocycles. The van der Waals surface area contributed by atoms with Crippen molar-refractivity contribution in [1.82, 2.24) is 5.32 Å². The van der Waals surface area contributed by atoms with Gasteiger partial charge in [-0.25, -0.2) is 4.39 Å². The molecule has 17 heavy (non-hydrogen) atoms. The van der Waals surface area contributed by atoms with Crippen LogP contribution in [0.1, 0.15) is 32.8 Å². The van der Waals surface area contributed by atoms with Crippen molar-refractivity contribution < 1.29 is 9.50 Å². The fourth-order valence-corrected chi connectivity index (χ4v) is 2.05. The van der Waals surface area contributed by atoms with Crippen LogP contribution in [0.25, 0.3) is 0 Å². The van der Waals surface area contributed by atoms with E-state index in [1.54, 1.807) is 19.1 Å². The zero-order valence-corrected chi connectivity index (χ0v) is 10.8. The molecule has 0 bridgehead atoms. The summed E-state index contributed by atoms with van der Waals surface area (Å²) in [5.41, 5.74) is 0.694. The van der Waals surface area contributed by atoms with E-state index in [0.29, 0.717) is 12.1 Å². The van der Waals surface area contributed by atoms with E-state index in [2.05, 4.69) is 19.2 Å². The van der Waals surface area contributed by atoms with Gasteiger partial charge in [0.2, 0.25) is 0 Å². The molecule has 1 atom stereocenters. The molecule has 0 saturated carbocycles. The molecule has 0 aliphatic carbocycles. The first kappa shape index (κ1) is 14.1. The van der Waals surface area contributed by atoms with Gasteiger partial charge in [0.05, 0.1) is 6.10 Å². The van der Waals surface area contributed by atoms with Gasteiger partial charge in [0.15, 0.2) is 0 Å². The summed E-state index contributed by atoms with van der Waals surface area (Å²) in [7, 11) is 0. The maximum atomic E-state index is 13.3. The highest BCUT2D eigenvalue weighted by Crippen LogP contribution is 2.21. The van der Waals surface area contributed by atoms with Crippen molar-refractivity contribution >= 4 is 0 Å². The smallest absolute Gasteiger partial charge is 0.127 e. The van der Waals surface area contributed by atoms with Crippen molar-refractivity contribution in [3.05, 3.63) is 35.6 Å². The van der Waals surface area contributed by atoms with Crippen LogP contribution < -0.4 is 5.32 Å². The largest absolute Gasteiger partial charge is 0.393 e. The average molecular weight is 239 g/mol. The second-order valence-corrected chi connectivity index (χ2v) is 5.41. The third-order valence-electron chi connectivity index (χ3n) is 2.72. The Morgan fingerprint density at radius 1 is 1.35 bits per heavy atom. The van der Waals surface area contributed by atoms with Crippen LogP contribution in [0.2, 0.25) is 0 Å². The average Bonchev–Trinajstić information content (AvgIpc) is 2.18. The number of halogens is 1. The van der Waals surface area contributed by atoms with Crippen LogP contribution in [0.15, 0.2) is 24.3 Å². The predicted octanol–water partition coefficient (Wildman–Crippen LogP) is 2.71. The van der Waals surface area contributed by atoms with Crippen LogP contribution in [-0.4, -0.2) is 17.8 Å². The molecule has 96 valence electrons. The summed E-state index contributed by atoms with van der Waals surface area (Å²) in [4.78, 5) is 0. The zero-order valence-electron chi connectivity index (χ0n) is 10.8. The van der Waals surface area contributed by atoms with E-state index in [0.717, 1.165) is 13.0 Å². The maximum absolute atomic E-state index is 13.3. The van der Waals surface area contributed by atoms with Gasteiger partial charge in [0, 0.05) is 18.7 Å². The van der Waals surface area contributed by atoms with E-state index in [1.807, 2.05) is 6.07 Å². The van der Waals surface area contributed by atoms with Crippen LogP contribution in [0.5, 0.6) is 0 Å². The lowest BCUT2D eigenvalue weighted by Gasteiger charge is -2.26. The number of aliphatic hydroxyl groups excluding tert-OH is 1. The van der Waals surface area contributed by atoms with Crippen molar-refractivity contribution in [3.8, 4) is 0 Å². The molecule has 0 amide bonds. The number of hydrogen-bond donors (Lipinski definition) is 2. The van der Waals surface area contributed by atoms with Gasteiger partial charge in [-0.1, -0.05) is 32.0 Å². The van der Waals surface area contributed by atoms with Crippen LogP contribution in [0.3, 0.4) is 0 Å². The number of rotatable bonds is 6. The first-order valence-corrected chi connectivity index (χ1v) is 6.03. The Morgan fingerprint density at radius 3 is 2.59 bits per heavy atom. The molecule has 2 N–H and O–H groups in total. The summed E-state index contributed by atoms with van der Waals surface area (Å²) in [5, 5.41) is 12.6. The summed E-state index contributed by atoms with van der Waals surface area (Å²) in [6, 6.07) is 6.78. The van der Waals surface area contributed by atoms with Crippen LogP contribution in [-0.2, 0) is 6.54 Å². The SMILES string of the molecule is CC(O)CC(C)(C)CNCc1ccccc1F. The number of nitrogens with one attached hydrogen (secondary N) is 1. The van der Waals surface area contributed by atoms with Crippen molar-refractivity contribution in [1.29, 1.82) is 0 Å². The Labute approximate surface area is 103 Å². The molecular formula is C14H22FNO. The lowest BCUT2D eigenvalue weighted by molar-refractivity contribution is 0.128. The van der Waals surface area contributed by atoms with Gasteiger partial charge in [-0.3, -0.25) is 0 Å². The molecule has 1 aromatic carbocycles. The highest BCUT2D eigenvalue weighted by atomic mass is 19.1. The minimum Gasteiger partial charge on any atom is -0.393 e. The van der Waals surface area contributed by atoms with Crippen molar-refractivity contribution in [2.45, 2.75) is 39.8 Å². The number of benzene rings is 1. The quantitative estimate of drug-likeness (QED) is 0.800. The summed E-state index contributed by atoms with van der Waals surface area (Å²) < 4.78 is 13.3. The Bertz CT molecular complexity index is 350. The monoisotopic (exact) mass is 239 g/mol. The molecule has 2 nitrogen and oxygen atoms in total. The molecule has 0 aromatic heterocycles. The zero-order chi connectivity index (χ0) is 12.9. The molecule has 1 aromatic rings. The highest BCUT2D eigenvalue weighted by molar-refractivity contribution is 5.16. The van der Waals surface area contributed by atoms with Gasteiger partial charge >= 0.3 is 0 Å². The molecule has 0 aliphatic heterocycles. The van der Waals surface area contributed by atoms with Gasteiger partial charge in [0.1, 0.15) is 5.82 Å². The van der Waals surface area contributed by atoms with E-state index in [9.17, 15) is 9.50 Å². The minimum absolute atomic E-state index is 0.0133. The fraction of sp³-hybridized carbons (Fsp3) is 0.571. The Kier molecular flexibility index (Phi) is 5.09. The topological polar surface area (TPSA) is 32.3 Å². The van der Waals surface area contributed by atoms with Gasteiger partial charge in [-0.2, -0.15) is 0 Å².